The van der Waals surface area contributed by atoms with E-state index >= 15 is 0 Å². The van der Waals surface area contributed by atoms with E-state index in [1.807, 2.05) is 84.9 Å². The molecular formula is C36H33N3O7. The Bertz CT molecular complexity index is 1780. The van der Waals surface area contributed by atoms with Gasteiger partial charge in [-0.2, -0.15) is 4.98 Å². The van der Waals surface area contributed by atoms with Gasteiger partial charge in [0, 0.05) is 11.8 Å². The summed E-state index contributed by atoms with van der Waals surface area (Å²) in [7, 11) is 1.60. The first-order valence-electron chi connectivity index (χ1n) is 14.8. The second kappa shape index (κ2) is 13.5. The Kier molecular flexibility index (Phi) is 9.04. The zero-order chi connectivity index (χ0) is 32.1. The summed E-state index contributed by atoms with van der Waals surface area (Å²) in [6, 6.07) is 36.9. The summed E-state index contributed by atoms with van der Waals surface area (Å²) in [6.07, 6.45) is -3.73. The number of amides is 1. The van der Waals surface area contributed by atoms with Crippen molar-refractivity contribution >= 4 is 11.7 Å². The van der Waals surface area contributed by atoms with Crippen molar-refractivity contribution < 1.29 is 29.2 Å². The van der Waals surface area contributed by atoms with Crippen LogP contribution < -0.4 is 15.7 Å². The topological polar surface area (TPSA) is 132 Å². The summed E-state index contributed by atoms with van der Waals surface area (Å²) in [5, 5.41) is 24.7. The van der Waals surface area contributed by atoms with Crippen molar-refractivity contribution in [3.05, 3.63) is 160 Å². The fraction of sp³-hybridized carbons (Fsp3) is 0.194. The maximum atomic E-state index is 13.0. The third kappa shape index (κ3) is 6.07. The molecule has 234 valence electrons. The minimum atomic E-state index is -1.46. The summed E-state index contributed by atoms with van der Waals surface area (Å²) >= 11 is 0. The quantitative estimate of drug-likeness (QED) is 0.199. The Labute approximate surface area is 265 Å². The average molecular weight is 620 g/mol. The second-order valence-electron chi connectivity index (χ2n) is 10.8. The first kappa shape index (κ1) is 30.9. The van der Waals surface area contributed by atoms with Crippen molar-refractivity contribution in [3.63, 3.8) is 0 Å². The largest absolute Gasteiger partial charge is 0.497 e. The van der Waals surface area contributed by atoms with Gasteiger partial charge in [-0.05, 0) is 47.0 Å². The van der Waals surface area contributed by atoms with E-state index in [1.165, 1.54) is 12.3 Å². The van der Waals surface area contributed by atoms with E-state index < -0.39 is 41.7 Å². The number of methoxy groups -OCH3 is 1. The van der Waals surface area contributed by atoms with Crippen molar-refractivity contribution in [3.8, 4) is 5.75 Å². The number of aromatic nitrogens is 2. The molecule has 1 aromatic heterocycles. The molecule has 0 saturated carbocycles. The molecule has 6 rings (SSSR count). The number of hydrogen-bond acceptors (Lipinski definition) is 8. The number of carbonyl (C=O) groups excluding carboxylic acids is 1. The van der Waals surface area contributed by atoms with Crippen LogP contribution in [0.25, 0.3) is 0 Å². The normalized spacial score (nSPS) is 19.5. The number of hydrogen-bond donors (Lipinski definition) is 3. The van der Waals surface area contributed by atoms with Gasteiger partial charge in [0.1, 0.15) is 35.5 Å². The number of aliphatic hydroxyl groups is 2. The van der Waals surface area contributed by atoms with Gasteiger partial charge < -0.3 is 29.7 Å². The van der Waals surface area contributed by atoms with Crippen LogP contribution >= 0.6 is 0 Å². The minimum absolute atomic E-state index is 0.0398. The van der Waals surface area contributed by atoms with E-state index in [2.05, 4.69) is 10.3 Å². The third-order valence-corrected chi connectivity index (χ3v) is 8.04. The molecule has 10 nitrogen and oxygen atoms in total. The van der Waals surface area contributed by atoms with Crippen LogP contribution in [0.2, 0.25) is 0 Å². The fourth-order valence-electron chi connectivity index (χ4n) is 5.68. The maximum absolute atomic E-state index is 13.0. The lowest BCUT2D eigenvalue weighted by atomic mass is 9.80. The second-order valence-corrected chi connectivity index (χ2v) is 10.8. The summed E-state index contributed by atoms with van der Waals surface area (Å²) in [4.78, 5) is 29.5. The molecule has 1 aliphatic heterocycles. The van der Waals surface area contributed by atoms with Crippen LogP contribution in [0.15, 0.2) is 132 Å². The third-order valence-electron chi connectivity index (χ3n) is 8.04. The molecule has 1 saturated heterocycles. The van der Waals surface area contributed by atoms with Crippen LogP contribution in [0.4, 0.5) is 5.82 Å². The summed E-state index contributed by atoms with van der Waals surface area (Å²) in [5.41, 5.74) is 0.992. The number of aliphatic hydroxyl groups excluding tert-OH is 2. The molecule has 2 heterocycles. The van der Waals surface area contributed by atoms with E-state index in [0.29, 0.717) is 11.3 Å². The van der Waals surface area contributed by atoms with Crippen molar-refractivity contribution in [2.45, 2.75) is 30.1 Å². The highest BCUT2D eigenvalue weighted by molar-refractivity contribution is 6.03. The van der Waals surface area contributed by atoms with Gasteiger partial charge in [-0.3, -0.25) is 9.36 Å². The zero-order valence-electron chi connectivity index (χ0n) is 25.0. The van der Waals surface area contributed by atoms with Gasteiger partial charge in [0.25, 0.3) is 5.91 Å². The van der Waals surface area contributed by atoms with E-state index in [9.17, 15) is 19.8 Å². The number of carbonyl (C=O) groups is 1. The van der Waals surface area contributed by atoms with E-state index in [1.54, 1.807) is 37.4 Å². The van der Waals surface area contributed by atoms with Crippen molar-refractivity contribution in [2.24, 2.45) is 0 Å². The number of anilines is 1. The molecule has 5 aromatic rings. The van der Waals surface area contributed by atoms with Crippen LogP contribution in [-0.2, 0) is 15.1 Å². The predicted molar refractivity (Wildman–Crippen MR) is 171 cm³/mol. The SMILES string of the molecule is COc1ccc(C(OC[C@@H]2O[C@@H](n3ccc(NC(=O)c4ccccc4)nc3=O)[C@@H](O)[C@H]2O)(c2ccccc2)c2ccccc2)cc1. The van der Waals surface area contributed by atoms with Gasteiger partial charge in [-0.15, -0.1) is 0 Å². The lowest BCUT2D eigenvalue weighted by Gasteiger charge is -2.37. The van der Waals surface area contributed by atoms with Gasteiger partial charge >= 0.3 is 5.69 Å². The summed E-state index contributed by atoms with van der Waals surface area (Å²) in [6.45, 7) is -0.141. The number of rotatable bonds is 10. The van der Waals surface area contributed by atoms with Crippen molar-refractivity contribution in [2.75, 3.05) is 19.0 Å². The molecule has 10 heteroatoms. The van der Waals surface area contributed by atoms with Crippen LogP contribution in [-0.4, -0.2) is 57.7 Å². The molecule has 0 spiro atoms. The first-order valence-corrected chi connectivity index (χ1v) is 14.8. The van der Waals surface area contributed by atoms with Gasteiger partial charge in [-0.25, -0.2) is 4.79 Å². The predicted octanol–water partition coefficient (Wildman–Crippen LogP) is 4.13. The molecule has 0 bridgehead atoms. The molecule has 46 heavy (non-hydrogen) atoms. The molecule has 0 radical (unpaired) electrons. The van der Waals surface area contributed by atoms with E-state index in [4.69, 9.17) is 14.2 Å². The lowest BCUT2D eigenvalue weighted by molar-refractivity contribution is -0.0958. The summed E-state index contributed by atoms with van der Waals surface area (Å²) in [5.74, 6) is 0.300. The molecule has 3 N–H and O–H groups in total. The van der Waals surface area contributed by atoms with Crippen LogP contribution in [0, 0.1) is 0 Å². The van der Waals surface area contributed by atoms with Crippen molar-refractivity contribution in [1.29, 1.82) is 0 Å². The Hall–Kier alpha value is -5.13. The van der Waals surface area contributed by atoms with Crippen LogP contribution in [0.1, 0.15) is 33.3 Å². The van der Waals surface area contributed by atoms with Gasteiger partial charge in [0.2, 0.25) is 0 Å². The number of benzene rings is 4. The molecule has 0 aliphatic carbocycles. The molecule has 1 amide bonds. The Morgan fingerprint density at radius 2 is 1.39 bits per heavy atom. The number of nitrogens with zero attached hydrogens (tertiary/aromatic N) is 2. The Morgan fingerprint density at radius 1 is 0.826 bits per heavy atom. The summed E-state index contributed by atoms with van der Waals surface area (Å²) < 4.78 is 19.3. The fourth-order valence-corrected chi connectivity index (χ4v) is 5.68. The Balaban J connectivity index is 1.27. The van der Waals surface area contributed by atoms with Crippen molar-refractivity contribution in [1.82, 2.24) is 9.55 Å². The van der Waals surface area contributed by atoms with E-state index in [-0.39, 0.29) is 12.4 Å². The first-order chi connectivity index (χ1) is 22.4. The van der Waals surface area contributed by atoms with Crippen LogP contribution in [0.3, 0.4) is 0 Å². The highest BCUT2D eigenvalue weighted by Crippen LogP contribution is 2.42. The maximum Gasteiger partial charge on any atom is 0.351 e. The number of ether oxygens (including phenoxy) is 3. The monoisotopic (exact) mass is 619 g/mol. The zero-order valence-corrected chi connectivity index (χ0v) is 25.0. The Morgan fingerprint density at radius 3 is 1.96 bits per heavy atom. The molecule has 1 fully saturated rings. The smallest absolute Gasteiger partial charge is 0.351 e. The highest BCUT2D eigenvalue weighted by atomic mass is 16.6. The molecule has 1 aliphatic rings. The van der Waals surface area contributed by atoms with Gasteiger partial charge in [-0.1, -0.05) is 91.0 Å². The number of nitrogens with one attached hydrogen (secondary N) is 1. The van der Waals surface area contributed by atoms with E-state index in [0.717, 1.165) is 21.3 Å². The molecule has 0 unspecified atom stereocenters. The standard InChI is InChI=1S/C36H33N3O7/c1-44-28-19-17-27(18-20-28)36(25-13-7-3-8-14-25,26-15-9-4-10-16-26)45-23-29-31(40)32(41)34(46-29)39-22-21-30(38-35(39)43)37-33(42)24-11-5-2-6-12-24/h2-22,29,31-32,34,40-41H,23H2,1H3,(H,37,38,42,43)/t29-,31-,32-,34+/m0/s1. The highest BCUT2D eigenvalue weighted by Gasteiger charge is 2.46. The average Bonchev–Trinajstić information content (AvgIpc) is 3.39. The molecule has 4 aromatic carbocycles. The van der Waals surface area contributed by atoms with Gasteiger partial charge in [0.15, 0.2) is 6.23 Å². The lowest BCUT2D eigenvalue weighted by Crippen LogP contribution is -2.39. The van der Waals surface area contributed by atoms with Gasteiger partial charge in [0.05, 0.1) is 13.7 Å². The molecule has 4 atom stereocenters. The minimum Gasteiger partial charge on any atom is -0.497 e. The van der Waals surface area contributed by atoms with Crippen LogP contribution in [0.5, 0.6) is 5.75 Å². The molecular weight excluding hydrogens is 586 g/mol.